The van der Waals surface area contributed by atoms with E-state index >= 15 is 0 Å². The van der Waals surface area contributed by atoms with Crippen molar-refractivity contribution in [3.8, 4) is 11.8 Å². The van der Waals surface area contributed by atoms with Gasteiger partial charge in [-0.25, -0.2) is 17.6 Å². The van der Waals surface area contributed by atoms with E-state index in [0.29, 0.717) is 37.5 Å². The zero-order chi connectivity index (χ0) is 20.8. The normalized spacial score (nSPS) is 18.9. The van der Waals surface area contributed by atoms with E-state index < -0.39 is 28.8 Å². The number of hydrogen-bond donors (Lipinski definition) is 0. The van der Waals surface area contributed by atoms with Gasteiger partial charge in [-0.1, -0.05) is 25.2 Å². The average molecular weight is 406 g/mol. The molecule has 1 saturated heterocycles. The Bertz CT molecular complexity index is 886. The number of ether oxygens (including phenoxy) is 2. The van der Waals surface area contributed by atoms with E-state index in [2.05, 4.69) is 18.8 Å². The monoisotopic (exact) mass is 406 g/mol. The molecule has 0 atom stereocenters. The molecular weight excluding hydrogens is 384 g/mol. The van der Waals surface area contributed by atoms with Gasteiger partial charge >= 0.3 is 0 Å². The van der Waals surface area contributed by atoms with Crippen LogP contribution < -0.4 is 0 Å². The van der Waals surface area contributed by atoms with Gasteiger partial charge < -0.3 is 9.47 Å². The van der Waals surface area contributed by atoms with Crippen LogP contribution in [0.1, 0.15) is 42.9 Å². The Morgan fingerprint density at radius 2 is 1.55 bits per heavy atom. The zero-order valence-corrected chi connectivity index (χ0v) is 16.1. The Hall–Kier alpha value is -2.36. The fourth-order valence-electron chi connectivity index (χ4n) is 3.21. The van der Waals surface area contributed by atoms with Gasteiger partial charge in [0.05, 0.1) is 18.8 Å². The van der Waals surface area contributed by atoms with Crippen molar-refractivity contribution >= 4 is 0 Å². The third kappa shape index (κ3) is 5.81. The highest BCUT2D eigenvalue weighted by molar-refractivity contribution is 5.45. The smallest absolute Gasteiger partial charge is 0.160 e. The van der Waals surface area contributed by atoms with Gasteiger partial charge in [0.15, 0.2) is 17.9 Å². The molecule has 1 heterocycles. The van der Waals surface area contributed by atoms with Crippen LogP contribution in [0.3, 0.4) is 0 Å². The molecule has 154 valence electrons. The van der Waals surface area contributed by atoms with Gasteiger partial charge in [-0.05, 0) is 48.7 Å². The molecule has 2 nitrogen and oxygen atoms in total. The van der Waals surface area contributed by atoms with Crippen LogP contribution in [0.25, 0.3) is 0 Å². The van der Waals surface area contributed by atoms with Crippen LogP contribution in [0.4, 0.5) is 17.6 Å². The number of benzene rings is 2. The molecule has 2 aromatic carbocycles. The molecular formula is C23H22F4O2. The number of rotatable bonds is 5. The molecule has 1 fully saturated rings. The van der Waals surface area contributed by atoms with Crippen molar-refractivity contribution in [2.24, 2.45) is 5.92 Å². The molecule has 0 bridgehead atoms. The summed E-state index contributed by atoms with van der Waals surface area (Å²) in [6, 6.07) is 5.48. The molecule has 0 aliphatic carbocycles. The lowest BCUT2D eigenvalue weighted by Gasteiger charge is -2.29. The highest BCUT2D eigenvalue weighted by Gasteiger charge is 2.21. The third-order valence-electron chi connectivity index (χ3n) is 4.75. The lowest BCUT2D eigenvalue weighted by Crippen LogP contribution is -2.32. The third-order valence-corrected chi connectivity index (χ3v) is 4.75. The van der Waals surface area contributed by atoms with Gasteiger partial charge in [0.25, 0.3) is 0 Å². The molecule has 0 amide bonds. The largest absolute Gasteiger partial charge is 0.352 e. The predicted octanol–water partition coefficient (Wildman–Crippen LogP) is 5.36. The van der Waals surface area contributed by atoms with Gasteiger partial charge in [0.2, 0.25) is 0 Å². The summed E-state index contributed by atoms with van der Waals surface area (Å²) >= 11 is 0. The first-order chi connectivity index (χ1) is 14.0. The van der Waals surface area contributed by atoms with E-state index in [0.717, 1.165) is 25.0 Å². The Morgan fingerprint density at radius 3 is 2.17 bits per heavy atom. The Morgan fingerprint density at radius 1 is 0.862 bits per heavy atom. The Labute approximate surface area is 167 Å². The summed E-state index contributed by atoms with van der Waals surface area (Å²) in [5.74, 6) is 1.53. The van der Waals surface area contributed by atoms with Crippen molar-refractivity contribution in [1.82, 2.24) is 0 Å². The summed E-state index contributed by atoms with van der Waals surface area (Å²) in [5, 5.41) is 0. The van der Waals surface area contributed by atoms with Crippen molar-refractivity contribution in [3.63, 3.8) is 0 Å². The van der Waals surface area contributed by atoms with Gasteiger partial charge in [-0.15, -0.1) is 0 Å². The molecule has 1 aliphatic rings. The van der Waals surface area contributed by atoms with Gasteiger partial charge in [0, 0.05) is 17.9 Å². The number of aryl methyl sites for hydroxylation is 1. The first-order valence-electron chi connectivity index (χ1n) is 9.64. The Balaban J connectivity index is 1.62. The number of halogens is 4. The second kappa shape index (κ2) is 9.91. The summed E-state index contributed by atoms with van der Waals surface area (Å²) in [4.78, 5) is 0. The standard InChI is InChI=1S/C23H22F4O2/c1-2-3-17-13-28-23(29-14-17)9-6-16-11-20(25)18(21(26)12-16)7-4-15-5-8-19(24)22(27)10-15/h5,8,10-12,17,23H,2-3,6,9,13-14H2,1H3. The lowest BCUT2D eigenvalue weighted by molar-refractivity contribution is -0.203. The topological polar surface area (TPSA) is 18.5 Å². The van der Waals surface area contributed by atoms with Gasteiger partial charge in [-0.3, -0.25) is 0 Å². The molecule has 29 heavy (non-hydrogen) atoms. The maximum absolute atomic E-state index is 14.3. The first-order valence-corrected chi connectivity index (χ1v) is 9.64. The van der Waals surface area contributed by atoms with Crippen LogP contribution in [0.5, 0.6) is 0 Å². The predicted molar refractivity (Wildman–Crippen MR) is 101 cm³/mol. The van der Waals surface area contributed by atoms with Crippen molar-refractivity contribution in [3.05, 3.63) is 70.3 Å². The quantitative estimate of drug-likeness (QED) is 0.491. The second-order valence-electron chi connectivity index (χ2n) is 7.10. The van der Waals surface area contributed by atoms with Crippen LogP contribution in [-0.4, -0.2) is 19.5 Å². The molecule has 0 saturated carbocycles. The van der Waals surface area contributed by atoms with Crippen molar-refractivity contribution < 1.29 is 27.0 Å². The second-order valence-corrected chi connectivity index (χ2v) is 7.10. The van der Waals surface area contributed by atoms with Gasteiger partial charge in [-0.2, -0.15) is 0 Å². The molecule has 0 unspecified atom stereocenters. The maximum Gasteiger partial charge on any atom is 0.160 e. The van der Waals surface area contributed by atoms with Gasteiger partial charge in [0.1, 0.15) is 11.6 Å². The minimum Gasteiger partial charge on any atom is -0.352 e. The minimum atomic E-state index is -1.07. The molecule has 6 heteroatoms. The lowest BCUT2D eigenvalue weighted by atomic mass is 10.0. The number of hydrogen-bond acceptors (Lipinski definition) is 2. The first kappa shape index (κ1) is 21.4. The highest BCUT2D eigenvalue weighted by atomic mass is 19.2. The average Bonchev–Trinajstić information content (AvgIpc) is 2.70. The highest BCUT2D eigenvalue weighted by Crippen LogP contribution is 2.21. The minimum absolute atomic E-state index is 0.125. The summed E-state index contributed by atoms with van der Waals surface area (Å²) in [7, 11) is 0. The van der Waals surface area contributed by atoms with E-state index in [1.165, 1.54) is 18.2 Å². The summed E-state index contributed by atoms with van der Waals surface area (Å²) in [6.45, 7) is 3.39. The summed E-state index contributed by atoms with van der Waals surface area (Å²) < 4.78 is 66.1. The molecule has 3 rings (SSSR count). The molecule has 0 radical (unpaired) electrons. The summed E-state index contributed by atoms with van der Waals surface area (Å²) in [5.41, 5.74) is 0.187. The van der Waals surface area contributed by atoms with E-state index in [1.54, 1.807) is 0 Å². The van der Waals surface area contributed by atoms with E-state index in [-0.39, 0.29) is 11.9 Å². The van der Waals surface area contributed by atoms with Crippen molar-refractivity contribution in [2.45, 2.75) is 38.9 Å². The fourth-order valence-corrected chi connectivity index (χ4v) is 3.21. The summed E-state index contributed by atoms with van der Waals surface area (Å²) in [6.07, 6.45) is 2.65. The van der Waals surface area contributed by atoms with E-state index in [1.807, 2.05) is 0 Å². The zero-order valence-electron chi connectivity index (χ0n) is 16.1. The van der Waals surface area contributed by atoms with Crippen LogP contribution in [0.15, 0.2) is 30.3 Å². The molecule has 0 N–H and O–H groups in total. The molecule has 0 spiro atoms. The molecule has 2 aromatic rings. The maximum atomic E-state index is 14.3. The van der Waals surface area contributed by atoms with E-state index in [9.17, 15) is 17.6 Å². The van der Waals surface area contributed by atoms with Crippen molar-refractivity contribution in [2.75, 3.05) is 13.2 Å². The van der Waals surface area contributed by atoms with Crippen LogP contribution in [0.2, 0.25) is 0 Å². The van der Waals surface area contributed by atoms with Crippen molar-refractivity contribution in [1.29, 1.82) is 0 Å². The van der Waals surface area contributed by atoms with E-state index in [4.69, 9.17) is 9.47 Å². The Kier molecular flexibility index (Phi) is 7.29. The van der Waals surface area contributed by atoms with Crippen LogP contribution >= 0.6 is 0 Å². The molecule has 1 aliphatic heterocycles. The fraction of sp³-hybridized carbons (Fsp3) is 0.391. The SMILES string of the molecule is CCCC1COC(CCc2cc(F)c(C#Cc3ccc(F)c(F)c3)c(F)c2)OC1. The van der Waals surface area contributed by atoms with Crippen LogP contribution in [0, 0.1) is 41.0 Å². The molecule has 0 aromatic heterocycles. The van der Waals surface area contributed by atoms with Crippen LogP contribution in [-0.2, 0) is 15.9 Å².